The lowest BCUT2D eigenvalue weighted by molar-refractivity contribution is 0.186. The fourth-order valence-corrected chi connectivity index (χ4v) is 3.58. The first-order valence-corrected chi connectivity index (χ1v) is 8.56. The molecule has 1 fully saturated rings. The molecule has 2 aromatic rings. The maximum Gasteiger partial charge on any atom is 0.135 e. The van der Waals surface area contributed by atoms with Gasteiger partial charge in [-0.25, -0.2) is 9.97 Å². The van der Waals surface area contributed by atoms with E-state index in [4.69, 9.17) is 14.5 Å². The van der Waals surface area contributed by atoms with Gasteiger partial charge in [0.15, 0.2) is 0 Å². The summed E-state index contributed by atoms with van der Waals surface area (Å²) in [5.41, 5.74) is 3.39. The van der Waals surface area contributed by atoms with Gasteiger partial charge in [-0.2, -0.15) is 0 Å². The van der Waals surface area contributed by atoms with E-state index in [1.165, 1.54) is 11.1 Å². The average molecular weight is 325 g/mol. The van der Waals surface area contributed by atoms with E-state index in [1.54, 1.807) is 0 Å². The lowest BCUT2D eigenvalue weighted by atomic mass is 10.0. The maximum absolute atomic E-state index is 5.97. The molecule has 0 bridgehead atoms. The van der Waals surface area contributed by atoms with Gasteiger partial charge < -0.3 is 14.4 Å². The van der Waals surface area contributed by atoms with E-state index >= 15 is 0 Å². The Bertz CT molecular complexity index is 741. The zero-order valence-corrected chi connectivity index (χ0v) is 14.3. The van der Waals surface area contributed by atoms with Crippen LogP contribution in [-0.2, 0) is 17.8 Å². The quantitative estimate of drug-likeness (QED) is 0.868. The van der Waals surface area contributed by atoms with Crippen LogP contribution in [0, 0.1) is 12.8 Å². The largest absolute Gasteiger partial charge is 0.487 e. The van der Waals surface area contributed by atoms with Crippen LogP contribution >= 0.6 is 0 Å². The molecular formula is C19H23N3O2. The number of fused-ring (bicyclic) bond motifs is 2. The van der Waals surface area contributed by atoms with Crippen LogP contribution in [0.5, 0.6) is 5.75 Å². The third-order valence-corrected chi connectivity index (χ3v) is 4.80. The second kappa shape index (κ2) is 6.40. The van der Waals surface area contributed by atoms with Gasteiger partial charge in [-0.05, 0) is 25.0 Å². The van der Waals surface area contributed by atoms with Crippen LogP contribution in [0.2, 0.25) is 0 Å². The summed E-state index contributed by atoms with van der Waals surface area (Å²) < 4.78 is 11.5. The van der Waals surface area contributed by atoms with Gasteiger partial charge in [-0.15, -0.1) is 0 Å². The Hall–Kier alpha value is -2.14. The Labute approximate surface area is 142 Å². The fraction of sp³-hybridized carbons (Fsp3) is 0.474. The molecule has 126 valence electrons. The van der Waals surface area contributed by atoms with Crippen LogP contribution in [0.4, 0.5) is 5.82 Å². The summed E-state index contributed by atoms with van der Waals surface area (Å²) in [6.45, 7) is 5.14. The topological polar surface area (TPSA) is 47.5 Å². The van der Waals surface area contributed by atoms with E-state index in [0.717, 1.165) is 55.7 Å². The normalized spacial score (nSPS) is 19.2. The molecule has 2 aliphatic rings. The van der Waals surface area contributed by atoms with Crippen molar-refractivity contribution in [3.05, 3.63) is 46.9 Å². The first-order valence-electron chi connectivity index (χ1n) is 8.56. The van der Waals surface area contributed by atoms with Gasteiger partial charge in [0, 0.05) is 38.1 Å². The van der Waals surface area contributed by atoms with Crippen molar-refractivity contribution in [2.45, 2.75) is 26.4 Å². The molecule has 0 radical (unpaired) electrons. The predicted octanol–water partition coefficient (Wildman–Crippen LogP) is 2.74. The van der Waals surface area contributed by atoms with E-state index in [9.17, 15) is 0 Å². The third-order valence-electron chi connectivity index (χ3n) is 4.80. The molecule has 0 N–H and O–H groups in total. The number of anilines is 1. The van der Waals surface area contributed by atoms with Gasteiger partial charge in [-0.3, -0.25) is 0 Å². The van der Waals surface area contributed by atoms with Gasteiger partial charge >= 0.3 is 0 Å². The molecule has 3 heterocycles. The monoisotopic (exact) mass is 325 g/mol. The van der Waals surface area contributed by atoms with E-state index in [-0.39, 0.29) is 0 Å². The highest BCUT2D eigenvalue weighted by Crippen LogP contribution is 2.32. The molecule has 5 heteroatoms. The van der Waals surface area contributed by atoms with Crippen LogP contribution in [0.15, 0.2) is 24.3 Å². The minimum atomic E-state index is 0.503. The second-order valence-electron chi connectivity index (χ2n) is 6.70. The Kier molecular flexibility index (Phi) is 4.10. The average Bonchev–Trinajstić information content (AvgIpc) is 3.01. The smallest absolute Gasteiger partial charge is 0.135 e. The molecule has 1 saturated heterocycles. The molecule has 0 saturated carbocycles. The molecule has 0 aliphatic carbocycles. The summed E-state index contributed by atoms with van der Waals surface area (Å²) in [7, 11) is 2.12. The number of para-hydroxylation sites is 1. The second-order valence-corrected chi connectivity index (χ2v) is 6.70. The highest BCUT2D eigenvalue weighted by atomic mass is 16.5. The van der Waals surface area contributed by atoms with Crippen molar-refractivity contribution < 1.29 is 9.47 Å². The zero-order valence-electron chi connectivity index (χ0n) is 14.3. The van der Waals surface area contributed by atoms with Crippen LogP contribution in [0.3, 0.4) is 0 Å². The Morgan fingerprint density at radius 1 is 1.25 bits per heavy atom. The van der Waals surface area contributed by atoms with Crippen molar-refractivity contribution >= 4 is 5.82 Å². The summed E-state index contributed by atoms with van der Waals surface area (Å²) in [4.78, 5) is 11.7. The minimum Gasteiger partial charge on any atom is -0.487 e. The van der Waals surface area contributed by atoms with E-state index in [2.05, 4.69) is 29.1 Å². The van der Waals surface area contributed by atoms with Crippen molar-refractivity contribution in [3.8, 4) is 5.75 Å². The number of hydrogen-bond donors (Lipinski definition) is 0. The molecular weight excluding hydrogens is 302 g/mol. The highest BCUT2D eigenvalue weighted by Gasteiger charge is 2.24. The highest BCUT2D eigenvalue weighted by molar-refractivity contribution is 5.53. The number of aromatic nitrogens is 2. The van der Waals surface area contributed by atoms with E-state index < -0.39 is 0 Å². The standard InChI is InChI=1S/C19H23N3O2/c1-13-20-17-12-24-18-6-4-3-5-15(18)9-16(17)19(21-13)22(2)10-14-7-8-23-11-14/h3-6,14H,7-12H2,1-2H3/t14-/m0/s1. The van der Waals surface area contributed by atoms with Crippen molar-refractivity contribution in [1.82, 2.24) is 9.97 Å². The number of rotatable bonds is 3. The molecule has 4 rings (SSSR count). The van der Waals surface area contributed by atoms with Crippen LogP contribution in [-0.4, -0.2) is 36.8 Å². The summed E-state index contributed by atoms with van der Waals surface area (Å²) in [5.74, 6) is 3.36. The molecule has 24 heavy (non-hydrogen) atoms. The van der Waals surface area contributed by atoms with Gasteiger partial charge in [0.25, 0.3) is 0 Å². The molecule has 2 aliphatic heterocycles. The SMILES string of the molecule is Cc1nc2c(c(N(C)C[C@@H]3CCOC3)n1)Cc1ccccc1OC2. The number of benzene rings is 1. The predicted molar refractivity (Wildman–Crippen MR) is 92.5 cm³/mol. The first-order chi connectivity index (χ1) is 11.7. The van der Waals surface area contributed by atoms with Gasteiger partial charge in [-0.1, -0.05) is 18.2 Å². The molecule has 0 unspecified atom stereocenters. The van der Waals surface area contributed by atoms with Gasteiger partial charge in [0.2, 0.25) is 0 Å². The molecule has 1 atom stereocenters. The Balaban J connectivity index is 1.69. The van der Waals surface area contributed by atoms with Crippen molar-refractivity contribution in [3.63, 3.8) is 0 Å². The lowest BCUT2D eigenvalue weighted by Gasteiger charge is -2.24. The summed E-state index contributed by atoms with van der Waals surface area (Å²) in [6, 6.07) is 8.22. The van der Waals surface area contributed by atoms with Crippen molar-refractivity contribution in [1.29, 1.82) is 0 Å². The summed E-state index contributed by atoms with van der Waals surface area (Å²) in [5, 5.41) is 0. The molecule has 0 spiro atoms. The van der Waals surface area contributed by atoms with Crippen LogP contribution in [0.1, 0.15) is 29.1 Å². The fourth-order valence-electron chi connectivity index (χ4n) is 3.58. The van der Waals surface area contributed by atoms with Crippen LogP contribution in [0.25, 0.3) is 0 Å². The van der Waals surface area contributed by atoms with Gasteiger partial charge in [0.1, 0.15) is 24.0 Å². The number of nitrogens with zero attached hydrogens (tertiary/aromatic N) is 3. The van der Waals surface area contributed by atoms with Gasteiger partial charge in [0.05, 0.1) is 12.3 Å². The Morgan fingerprint density at radius 2 is 2.12 bits per heavy atom. The van der Waals surface area contributed by atoms with E-state index in [1.807, 2.05) is 19.1 Å². The lowest BCUT2D eigenvalue weighted by Crippen LogP contribution is -2.28. The van der Waals surface area contributed by atoms with Crippen molar-refractivity contribution in [2.75, 3.05) is 31.7 Å². The third kappa shape index (κ3) is 2.96. The number of aryl methyl sites for hydroxylation is 1. The van der Waals surface area contributed by atoms with Crippen molar-refractivity contribution in [2.24, 2.45) is 5.92 Å². The number of ether oxygens (including phenoxy) is 2. The van der Waals surface area contributed by atoms with E-state index in [0.29, 0.717) is 12.5 Å². The Morgan fingerprint density at radius 3 is 2.96 bits per heavy atom. The maximum atomic E-state index is 5.97. The minimum absolute atomic E-state index is 0.503. The van der Waals surface area contributed by atoms with Crippen LogP contribution < -0.4 is 9.64 Å². The first kappa shape index (κ1) is 15.4. The molecule has 1 aromatic carbocycles. The number of hydrogen-bond acceptors (Lipinski definition) is 5. The molecule has 0 amide bonds. The molecule has 5 nitrogen and oxygen atoms in total. The summed E-state index contributed by atoms with van der Waals surface area (Å²) >= 11 is 0. The zero-order chi connectivity index (χ0) is 16.5. The summed E-state index contributed by atoms with van der Waals surface area (Å²) in [6.07, 6.45) is 1.94. The molecule has 1 aromatic heterocycles.